The molecule has 31 heavy (non-hydrogen) atoms. The molecular formula is C20H17N9O2. The van der Waals surface area contributed by atoms with Crippen LogP contribution in [0.1, 0.15) is 24.4 Å². The third-order valence-corrected chi connectivity index (χ3v) is 5.19. The molecule has 11 heteroatoms. The number of benzene rings is 1. The fraction of sp³-hybridized carbons (Fsp3) is 0.250. The first-order chi connectivity index (χ1) is 15.1. The van der Waals surface area contributed by atoms with Crippen molar-refractivity contribution in [2.75, 3.05) is 5.32 Å². The Labute approximate surface area is 175 Å². The van der Waals surface area contributed by atoms with Crippen molar-refractivity contribution < 1.29 is 9.32 Å². The molecule has 0 saturated heterocycles. The molecule has 154 valence electrons. The van der Waals surface area contributed by atoms with Crippen LogP contribution >= 0.6 is 0 Å². The van der Waals surface area contributed by atoms with Gasteiger partial charge in [-0.15, -0.1) is 5.10 Å². The fourth-order valence-corrected chi connectivity index (χ4v) is 3.43. The molecule has 0 aliphatic heterocycles. The summed E-state index contributed by atoms with van der Waals surface area (Å²) < 4.78 is 8.51. The normalized spacial score (nSPS) is 13.8. The van der Waals surface area contributed by atoms with Crippen LogP contribution in [0.2, 0.25) is 0 Å². The minimum absolute atomic E-state index is 0.0188. The summed E-state index contributed by atoms with van der Waals surface area (Å²) in [5, 5.41) is 19.9. The van der Waals surface area contributed by atoms with E-state index in [1.54, 1.807) is 22.3 Å². The Hall–Kier alpha value is -4.15. The van der Waals surface area contributed by atoms with Gasteiger partial charge in [-0.2, -0.15) is 10.1 Å². The molecule has 0 radical (unpaired) electrons. The molecule has 1 aliphatic rings. The predicted molar refractivity (Wildman–Crippen MR) is 109 cm³/mol. The second-order valence-corrected chi connectivity index (χ2v) is 7.60. The van der Waals surface area contributed by atoms with E-state index in [2.05, 4.69) is 35.9 Å². The molecule has 0 atom stereocenters. The lowest BCUT2D eigenvalue weighted by atomic mass is 10.2. The second-order valence-electron chi connectivity index (χ2n) is 7.60. The van der Waals surface area contributed by atoms with Crippen LogP contribution in [-0.2, 0) is 11.3 Å². The summed E-state index contributed by atoms with van der Waals surface area (Å²) >= 11 is 0. The van der Waals surface area contributed by atoms with Crippen LogP contribution in [0.4, 0.5) is 5.82 Å². The Morgan fingerprint density at radius 1 is 1.23 bits per heavy atom. The minimum Gasteiger partial charge on any atom is -0.339 e. The van der Waals surface area contributed by atoms with Gasteiger partial charge in [0.05, 0.1) is 24.0 Å². The van der Waals surface area contributed by atoms with Crippen molar-refractivity contribution in [1.29, 1.82) is 0 Å². The quantitative estimate of drug-likeness (QED) is 0.463. The van der Waals surface area contributed by atoms with E-state index in [-0.39, 0.29) is 11.8 Å². The van der Waals surface area contributed by atoms with Crippen LogP contribution in [0, 0.1) is 12.8 Å². The Kier molecular flexibility index (Phi) is 3.82. The molecule has 0 unspecified atom stereocenters. The first-order valence-electron chi connectivity index (χ1n) is 9.92. The van der Waals surface area contributed by atoms with Gasteiger partial charge in [0, 0.05) is 18.4 Å². The lowest BCUT2D eigenvalue weighted by Gasteiger charge is -2.03. The average Bonchev–Trinajstić information content (AvgIpc) is 3.23. The molecule has 1 saturated carbocycles. The van der Waals surface area contributed by atoms with Gasteiger partial charge >= 0.3 is 0 Å². The third kappa shape index (κ3) is 3.29. The molecule has 5 aromatic rings. The van der Waals surface area contributed by atoms with Crippen molar-refractivity contribution in [3.8, 4) is 11.4 Å². The van der Waals surface area contributed by atoms with E-state index in [0.717, 1.165) is 35.1 Å². The van der Waals surface area contributed by atoms with Crippen molar-refractivity contribution >= 4 is 28.4 Å². The van der Waals surface area contributed by atoms with E-state index in [4.69, 9.17) is 4.52 Å². The zero-order valence-electron chi connectivity index (χ0n) is 16.6. The molecule has 1 N–H and O–H groups in total. The van der Waals surface area contributed by atoms with Crippen LogP contribution in [0.5, 0.6) is 0 Å². The molecule has 0 bridgehead atoms. The summed E-state index contributed by atoms with van der Waals surface area (Å²) in [5.74, 6) is 1.67. The molecule has 11 nitrogen and oxygen atoms in total. The number of nitrogens with one attached hydrogen (secondary N) is 1. The number of nitrogens with zero attached hydrogens (tertiary/aromatic N) is 8. The van der Waals surface area contributed by atoms with E-state index in [0.29, 0.717) is 29.7 Å². The van der Waals surface area contributed by atoms with Crippen LogP contribution in [0.15, 0.2) is 41.1 Å². The Balaban J connectivity index is 1.29. The Morgan fingerprint density at radius 2 is 2.13 bits per heavy atom. The predicted octanol–water partition coefficient (Wildman–Crippen LogP) is 2.23. The van der Waals surface area contributed by atoms with Crippen molar-refractivity contribution in [2.24, 2.45) is 5.92 Å². The van der Waals surface area contributed by atoms with E-state index in [1.807, 2.05) is 30.3 Å². The van der Waals surface area contributed by atoms with Crippen molar-refractivity contribution in [2.45, 2.75) is 26.3 Å². The number of aryl methyl sites for hydroxylation is 1. The summed E-state index contributed by atoms with van der Waals surface area (Å²) in [4.78, 5) is 20.7. The monoisotopic (exact) mass is 415 g/mol. The first kappa shape index (κ1) is 17.7. The van der Waals surface area contributed by atoms with Gasteiger partial charge in [0.2, 0.25) is 17.6 Å². The van der Waals surface area contributed by atoms with Crippen LogP contribution in [-0.4, -0.2) is 45.6 Å². The van der Waals surface area contributed by atoms with E-state index in [9.17, 15) is 4.79 Å². The standard InChI is InChI=1S/C20H17N9O2/c1-11-21-19(26-31-11)13-4-6-15-16(8-13)28(27-24-15)9-14-5-7-18-22-17(10-29(18)25-14)23-20(30)12-2-3-12/h4-8,10,12H,2-3,9H2,1H3,(H,23,30). The SMILES string of the molecule is Cc1nc(-c2ccc3nnn(Cc4ccc5nc(NC(=O)C6CC6)cn5n4)c3c2)no1. The number of hydrogen-bond acceptors (Lipinski definition) is 8. The third-order valence-electron chi connectivity index (χ3n) is 5.19. The van der Waals surface area contributed by atoms with Crippen molar-refractivity contribution in [1.82, 2.24) is 39.7 Å². The number of aromatic nitrogens is 8. The zero-order chi connectivity index (χ0) is 20.9. The van der Waals surface area contributed by atoms with Gasteiger partial charge in [0.15, 0.2) is 11.5 Å². The van der Waals surface area contributed by atoms with Gasteiger partial charge in [-0.1, -0.05) is 10.4 Å². The molecule has 0 spiro atoms. The molecule has 1 aliphatic carbocycles. The lowest BCUT2D eigenvalue weighted by Crippen LogP contribution is -2.13. The van der Waals surface area contributed by atoms with Crippen LogP contribution in [0.3, 0.4) is 0 Å². The molecule has 6 rings (SSSR count). The summed E-state index contributed by atoms with van der Waals surface area (Å²) in [6.07, 6.45) is 3.61. The van der Waals surface area contributed by atoms with Crippen molar-refractivity contribution in [3.63, 3.8) is 0 Å². The molecular weight excluding hydrogens is 398 g/mol. The highest BCUT2D eigenvalue weighted by molar-refractivity contribution is 5.93. The van der Waals surface area contributed by atoms with Gasteiger partial charge in [-0.05, 0) is 43.2 Å². The maximum absolute atomic E-state index is 12.0. The molecule has 4 heterocycles. The number of fused-ring (bicyclic) bond motifs is 2. The molecule has 4 aromatic heterocycles. The second kappa shape index (κ2) is 6.69. The number of rotatable bonds is 5. The fourth-order valence-electron chi connectivity index (χ4n) is 3.43. The highest BCUT2D eigenvalue weighted by Gasteiger charge is 2.30. The van der Waals surface area contributed by atoms with Gasteiger partial charge < -0.3 is 9.84 Å². The Morgan fingerprint density at radius 3 is 2.94 bits per heavy atom. The number of carbonyl (C=O) groups excluding carboxylic acids is 1. The van der Waals surface area contributed by atoms with Crippen molar-refractivity contribution in [3.05, 3.63) is 48.1 Å². The highest BCUT2D eigenvalue weighted by atomic mass is 16.5. The van der Waals surface area contributed by atoms with Crippen LogP contribution < -0.4 is 5.32 Å². The van der Waals surface area contributed by atoms with Gasteiger partial charge in [0.1, 0.15) is 5.52 Å². The lowest BCUT2D eigenvalue weighted by molar-refractivity contribution is -0.117. The minimum atomic E-state index is 0.0188. The average molecular weight is 415 g/mol. The van der Waals surface area contributed by atoms with E-state index >= 15 is 0 Å². The van der Waals surface area contributed by atoms with Gasteiger partial charge in [-0.3, -0.25) is 4.79 Å². The van der Waals surface area contributed by atoms with Gasteiger partial charge in [0.25, 0.3) is 0 Å². The molecule has 1 aromatic carbocycles. The summed E-state index contributed by atoms with van der Waals surface area (Å²) in [6, 6.07) is 9.44. The molecule has 1 fully saturated rings. The van der Waals surface area contributed by atoms with E-state index in [1.165, 1.54) is 0 Å². The number of hydrogen-bond donors (Lipinski definition) is 1. The smallest absolute Gasteiger partial charge is 0.228 e. The summed E-state index contributed by atoms with van der Waals surface area (Å²) in [6.45, 7) is 2.17. The maximum Gasteiger partial charge on any atom is 0.228 e. The maximum atomic E-state index is 12.0. The Bertz CT molecular complexity index is 1440. The van der Waals surface area contributed by atoms with Gasteiger partial charge in [-0.25, -0.2) is 14.2 Å². The number of carbonyl (C=O) groups is 1. The number of amides is 1. The highest BCUT2D eigenvalue weighted by Crippen LogP contribution is 2.30. The topological polar surface area (TPSA) is 129 Å². The summed E-state index contributed by atoms with van der Waals surface area (Å²) in [7, 11) is 0. The van der Waals surface area contributed by atoms with Crippen LogP contribution in [0.25, 0.3) is 28.1 Å². The number of anilines is 1. The number of imidazole rings is 1. The first-order valence-corrected chi connectivity index (χ1v) is 9.92. The largest absolute Gasteiger partial charge is 0.339 e. The van der Waals surface area contributed by atoms with E-state index < -0.39 is 0 Å². The molecule has 1 amide bonds. The zero-order valence-corrected chi connectivity index (χ0v) is 16.6. The summed E-state index contributed by atoms with van der Waals surface area (Å²) in [5.41, 5.74) is 3.86.